The Labute approximate surface area is 101 Å². The maximum Gasteiger partial charge on any atom is 0.308 e. The van der Waals surface area contributed by atoms with Crippen molar-refractivity contribution in [1.29, 1.82) is 0 Å². The number of aromatic nitrogens is 2. The fourth-order valence-corrected chi connectivity index (χ4v) is 1.63. The van der Waals surface area contributed by atoms with Crippen LogP contribution in [-0.4, -0.2) is 25.6 Å². The van der Waals surface area contributed by atoms with E-state index in [0.717, 1.165) is 0 Å². The number of nitro benzene ring substituents is 1. The average Bonchev–Trinajstić information content (AvgIpc) is 2.81. The molecule has 0 aliphatic rings. The van der Waals surface area contributed by atoms with Crippen LogP contribution in [0.1, 0.15) is 5.56 Å². The molecule has 1 N–H and O–H groups in total. The summed E-state index contributed by atoms with van der Waals surface area (Å²) in [6, 6.07) is 4.33. The highest BCUT2D eigenvalue weighted by Crippen LogP contribution is 2.22. The minimum atomic E-state index is -1.11. The molecule has 0 saturated carbocycles. The van der Waals surface area contributed by atoms with Gasteiger partial charge < -0.3 is 9.67 Å². The van der Waals surface area contributed by atoms with E-state index in [4.69, 9.17) is 5.11 Å². The Morgan fingerprint density at radius 1 is 1.50 bits per heavy atom. The molecule has 1 aromatic heterocycles. The zero-order valence-electron chi connectivity index (χ0n) is 9.18. The molecule has 0 aliphatic heterocycles. The van der Waals surface area contributed by atoms with Crippen molar-refractivity contribution in [3.05, 3.63) is 52.6 Å². The zero-order valence-corrected chi connectivity index (χ0v) is 9.18. The number of imidazole rings is 1. The van der Waals surface area contributed by atoms with Gasteiger partial charge >= 0.3 is 5.97 Å². The van der Waals surface area contributed by atoms with E-state index in [9.17, 15) is 14.9 Å². The van der Waals surface area contributed by atoms with Crippen molar-refractivity contribution < 1.29 is 14.8 Å². The van der Waals surface area contributed by atoms with Gasteiger partial charge in [0.1, 0.15) is 0 Å². The van der Waals surface area contributed by atoms with Crippen molar-refractivity contribution in [1.82, 2.24) is 9.55 Å². The van der Waals surface area contributed by atoms with Gasteiger partial charge in [-0.1, -0.05) is 0 Å². The number of carbonyl (C=O) groups is 1. The van der Waals surface area contributed by atoms with Crippen molar-refractivity contribution in [3.63, 3.8) is 0 Å². The molecule has 7 heteroatoms. The number of aliphatic carboxylic acids is 1. The number of carboxylic acid groups (broad SMARTS) is 1. The van der Waals surface area contributed by atoms with E-state index in [1.165, 1.54) is 18.5 Å². The number of rotatable bonds is 4. The molecule has 7 nitrogen and oxygen atoms in total. The topological polar surface area (TPSA) is 98.3 Å². The van der Waals surface area contributed by atoms with Crippen LogP contribution in [0.4, 0.5) is 5.69 Å². The van der Waals surface area contributed by atoms with Crippen LogP contribution in [0.15, 0.2) is 36.9 Å². The van der Waals surface area contributed by atoms with Gasteiger partial charge in [-0.2, -0.15) is 0 Å². The second-order valence-corrected chi connectivity index (χ2v) is 3.61. The van der Waals surface area contributed by atoms with Crippen LogP contribution in [0.25, 0.3) is 5.69 Å². The molecule has 18 heavy (non-hydrogen) atoms. The van der Waals surface area contributed by atoms with Crippen molar-refractivity contribution >= 4 is 11.7 Å². The van der Waals surface area contributed by atoms with Gasteiger partial charge in [-0.3, -0.25) is 14.9 Å². The average molecular weight is 247 g/mol. The summed E-state index contributed by atoms with van der Waals surface area (Å²) in [6.45, 7) is 0. The van der Waals surface area contributed by atoms with Gasteiger partial charge in [0.15, 0.2) is 0 Å². The molecular weight excluding hydrogens is 238 g/mol. The van der Waals surface area contributed by atoms with E-state index < -0.39 is 17.3 Å². The summed E-state index contributed by atoms with van der Waals surface area (Å²) in [6.07, 6.45) is 4.38. The first kappa shape index (κ1) is 11.8. The largest absolute Gasteiger partial charge is 0.481 e. The molecule has 0 bridgehead atoms. The van der Waals surface area contributed by atoms with Crippen LogP contribution in [0, 0.1) is 10.1 Å². The highest BCUT2D eigenvalue weighted by Gasteiger charge is 2.16. The van der Waals surface area contributed by atoms with Crippen LogP contribution in [0.5, 0.6) is 0 Å². The monoisotopic (exact) mass is 247 g/mol. The number of hydrogen-bond donors (Lipinski definition) is 1. The SMILES string of the molecule is O=C(O)Cc1cc(-n2ccnc2)ccc1[N+](=O)[O-]. The van der Waals surface area contributed by atoms with Crippen molar-refractivity contribution in [2.24, 2.45) is 0 Å². The Morgan fingerprint density at radius 2 is 2.28 bits per heavy atom. The number of carboxylic acids is 1. The number of benzene rings is 1. The van der Waals surface area contributed by atoms with Gasteiger partial charge in [-0.15, -0.1) is 0 Å². The molecule has 0 aliphatic carbocycles. The minimum absolute atomic E-state index is 0.165. The van der Waals surface area contributed by atoms with Crippen molar-refractivity contribution in [2.45, 2.75) is 6.42 Å². The predicted molar refractivity (Wildman–Crippen MR) is 61.6 cm³/mol. The molecule has 0 amide bonds. The summed E-state index contributed by atoms with van der Waals surface area (Å²) in [5.41, 5.74) is 0.606. The second-order valence-electron chi connectivity index (χ2n) is 3.61. The number of hydrogen-bond acceptors (Lipinski definition) is 4. The van der Waals surface area contributed by atoms with Crippen LogP contribution >= 0.6 is 0 Å². The molecule has 0 spiro atoms. The molecule has 0 radical (unpaired) electrons. The molecule has 0 saturated heterocycles. The van der Waals surface area contributed by atoms with E-state index in [2.05, 4.69) is 4.98 Å². The standard InChI is InChI=1S/C11H9N3O4/c15-11(16)6-8-5-9(13-4-3-12-7-13)1-2-10(8)14(17)18/h1-5,7H,6H2,(H,15,16). The van der Waals surface area contributed by atoms with Crippen LogP contribution in [0.3, 0.4) is 0 Å². The number of nitrogens with zero attached hydrogens (tertiary/aromatic N) is 3. The van der Waals surface area contributed by atoms with E-state index in [-0.39, 0.29) is 11.3 Å². The Hall–Kier alpha value is -2.70. The van der Waals surface area contributed by atoms with Crippen molar-refractivity contribution in [2.75, 3.05) is 0 Å². The second kappa shape index (κ2) is 4.66. The lowest BCUT2D eigenvalue weighted by molar-refractivity contribution is -0.385. The first-order chi connectivity index (χ1) is 8.58. The van der Waals surface area contributed by atoms with Gasteiger partial charge in [-0.05, 0) is 12.1 Å². The van der Waals surface area contributed by atoms with Crippen LogP contribution in [0.2, 0.25) is 0 Å². The first-order valence-corrected chi connectivity index (χ1v) is 5.05. The molecule has 2 rings (SSSR count). The van der Waals surface area contributed by atoms with E-state index >= 15 is 0 Å². The van der Waals surface area contributed by atoms with Crippen LogP contribution < -0.4 is 0 Å². The minimum Gasteiger partial charge on any atom is -0.481 e. The third kappa shape index (κ3) is 2.34. The molecule has 0 fully saturated rings. The Balaban J connectivity index is 2.48. The van der Waals surface area contributed by atoms with Gasteiger partial charge in [0.05, 0.1) is 17.7 Å². The maximum atomic E-state index is 10.8. The van der Waals surface area contributed by atoms with Gasteiger partial charge in [-0.25, -0.2) is 4.98 Å². The smallest absolute Gasteiger partial charge is 0.308 e. The third-order valence-electron chi connectivity index (χ3n) is 2.40. The van der Waals surface area contributed by atoms with Crippen LogP contribution in [-0.2, 0) is 11.2 Å². The lowest BCUT2D eigenvalue weighted by atomic mass is 10.1. The predicted octanol–water partition coefficient (Wildman–Crippen LogP) is 1.41. The zero-order chi connectivity index (χ0) is 13.1. The van der Waals surface area contributed by atoms with E-state index in [0.29, 0.717) is 5.69 Å². The van der Waals surface area contributed by atoms with Gasteiger partial charge in [0, 0.05) is 29.7 Å². The van der Waals surface area contributed by atoms with E-state index in [1.54, 1.807) is 23.0 Å². The molecule has 2 aromatic rings. The summed E-state index contributed by atoms with van der Waals surface area (Å²) < 4.78 is 1.65. The van der Waals surface area contributed by atoms with E-state index in [1.807, 2.05) is 0 Å². The highest BCUT2D eigenvalue weighted by atomic mass is 16.6. The fourth-order valence-electron chi connectivity index (χ4n) is 1.63. The molecular formula is C11H9N3O4. The first-order valence-electron chi connectivity index (χ1n) is 5.05. The fraction of sp³-hybridized carbons (Fsp3) is 0.0909. The Morgan fingerprint density at radius 3 is 2.83 bits per heavy atom. The van der Waals surface area contributed by atoms with Gasteiger partial charge in [0.2, 0.25) is 0 Å². The highest BCUT2D eigenvalue weighted by molar-refractivity contribution is 5.72. The third-order valence-corrected chi connectivity index (χ3v) is 2.40. The summed E-state index contributed by atoms with van der Waals surface area (Å²) in [7, 11) is 0. The lowest BCUT2D eigenvalue weighted by Crippen LogP contribution is -2.05. The van der Waals surface area contributed by atoms with Crippen molar-refractivity contribution in [3.8, 4) is 5.69 Å². The Bertz CT molecular complexity index is 592. The molecule has 0 atom stereocenters. The molecule has 1 heterocycles. The summed E-state index contributed by atoms with van der Waals surface area (Å²) in [5.74, 6) is -1.11. The molecule has 1 aromatic carbocycles. The summed E-state index contributed by atoms with van der Waals surface area (Å²) in [5, 5.41) is 19.5. The van der Waals surface area contributed by atoms with Gasteiger partial charge in [0.25, 0.3) is 5.69 Å². The molecule has 92 valence electrons. The number of nitro groups is 1. The normalized spacial score (nSPS) is 10.2. The maximum absolute atomic E-state index is 10.8. The quantitative estimate of drug-likeness (QED) is 0.650. The molecule has 0 unspecified atom stereocenters. The summed E-state index contributed by atoms with van der Waals surface area (Å²) in [4.78, 5) is 24.8. The lowest BCUT2D eigenvalue weighted by Gasteiger charge is -2.05. The Kier molecular flexibility index (Phi) is 3.05. The summed E-state index contributed by atoms with van der Waals surface area (Å²) >= 11 is 0.